The van der Waals surface area contributed by atoms with Crippen molar-refractivity contribution in [1.82, 2.24) is 0 Å². The van der Waals surface area contributed by atoms with Crippen molar-refractivity contribution in [3.05, 3.63) is 121 Å². The summed E-state index contributed by atoms with van der Waals surface area (Å²) in [5.41, 5.74) is 0. The van der Waals surface area contributed by atoms with Gasteiger partial charge in [-0.2, -0.15) is 0 Å². The van der Waals surface area contributed by atoms with Gasteiger partial charge in [0.1, 0.15) is 0 Å². The zero-order valence-electron chi connectivity index (χ0n) is 25.6. The molecular weight excluding hydrogens is 562 g/mol. The summed E-state index contributed by atoms with van der Waals surface area (Å²) in [4.78, 5) is 0. The van der Waals surface area contributed by atoms with Crippen LogP contribution >= 0.6 is 15.8 Å². The van der Waals surface area contributed by atoms with Crippen LogP contribution in [-0.4, -0.2) is 28.3 Å². The molecular formula is C39H44O2P2. The van der Waals surface area contributed by atoms with Crippen molar-refractivity contribution >= 4 is 37.1 Å². The monoisotopic (exact) mass is 606 g/mol. The van der Waals surface area contributed by atoms with E-state index in [0.29, 0.717) is 0 Å². The van der Waals surface area contributed by atoms with Crippen LogP contribution in [0.1, 0.15) is 65.2 Å². The van der Waals surface area contributed by atoms with Gasteiger partial charge in [0, 0.05) is 10.3 Å². The Bertz CT molecular complexity index is 1270. The molecule has 4 aromatic rings. The average molecular weight is 607 g/mol. The van der Waals surface area contributed by atoms with Crippen molar-refractivity contribution in [2.24, 2.45) is 0 Å². The van der Waals surface area contributed by atoms with Gasteiger partial charge in [-0.15, -0.1) is 0 Å². The fourth-order valence-electron chi connectivity index (χ4n) is 8.43. The van der Waals surface area contributed by atoms with E-state index in [1.54, 1.807) is 0 Å². The van der Waals surface area contributed by atoms with E-state index in [-0.39, 0.29) is 22.5 Å². The van der Waals surface area contributed by atoms with Crippen LogP contribution in [0.4, 0.5) is 0 Å². The predicted octanol–water partition coefficient (Wildman–Crippen LogP) is 8.40. The summed E-state index contributed by atoms with van der Waals surface area (Å²) in [6, 6.07) is 45.5. The van der Waals surface area contributed by atoms with Crippen LogP contribution in [0.15, 0.2) is 121 Å². The van der Waals surface area contributed by atoms with Crippen molar-refractivity contribution in [3.63, 3.8) is 0 Å². The Morgan fingerprint density at radius 1 is 0.442 bits per heavy atom. The SMILES string of the molecule is CC1(C)OC(C2(P(c3ccccc3)c3ccccc3)CCCC2)C(C2(P(c3ccccc3)c3ccccc3)CCCC2)O1. The van der Waals surface area contributed by atoms with Gasteiger partial charge in [-0.1, -0.05) is 147 Å². The molecule has 3 aliphatic rings. The zero-order chi connectivity index (χ0) is 29.3. The van der Waals surface area contributed by atoms with Gasteiger partial charge in [0.2, 0.25) is 0 Å². The lowest BCUT2D eigenvalue weighted by atomic mass is 9.86. The Morgan fingerprint density at radius 3 is 0.953 bits per heavy atom. The summed E-state index contributed by atoms with van der Waals surface area (Å²) in [5.74, 6) is -0.622. The lowest BCUT2D eigenvalue weighted by Gasteiger charge is -2.50. The van der Waals surface area contributed by atoms with Crippen LogP contribution in [0.2, 0.25) is 0 Å². The fraction of sp³-hybridized carbons (Fsp3) is 0.385. The number of benzene rings is 4. The molecule has 0 amide bonds. The van der Waals surface area contributed by atoms with Crippen LogP contribution in [-0.2, 0) is 9.47 Å². The molecule has 222 valence electrons. The van der Waals surface area contributed by atoms with E-state index in [4.69, 9.17) is 9.47 Å². The molecule has 1 saturated heterocycles. The van der Waals surface area contributed by atoms with E-state index >= 15 is 0 Å². The molecule has 2 unspecified atom stereocenters. The Hall–Kier alpha value is -2.34. The molecule has 4 heteroatoms. The highest BCUT2D eigenvalue weighted by molar-refractivity contribution is 7.75. The van der Waals surface area contributed by atoms with E-state index in [2.05, 4.69) is 135 Å². The van der Waals surface area contributed by atoms with Crippen molar-refractivity contribution in [2.45, 2.75) is 93.5 Å². The number of ether oxygens (including phenoxy) is 2. The molecule has 43 heavy (non-hydrogen) atoms. The lowest BCUT2D eigenvalue weighted by molar-refractivity contribution is -0.151. The van der Waals surface area contributed by atoms with E-state index in [1.807, 2.05) is 0 Å². The highest BCUT2D eigenvalue weighted by atomic mass is 31.1. The van der Waals surface area contributed by atoms with Crippen LogP contribution in [0, 0.1) is 0 Å². The number of rotatable bonds is 8. The molecule has 0 spiro atoms. The van der Waals surface area contributed by atoms with Crippen LogP contribution < -0.4 is 21.2 Å². The van der Waals surface area contributed by atoms with Gasteiger partial charge >= 0.3 is 0 Å². The van der Waals surface area contributed by atoms with Gasteiger partial charge in [-0.3, -0.25) is 0 Å². The third-order valence-corrected chi connectivity index (χ3v) is 16.5. The Kier molecular flexibility index (Phi) is 8.34. The number of hydrogen-bond donors (Lipinski definition) is 0. The van der Waals surface area contributed by atoms with Gasteiger partial charge in [0.05, 0.1) is 12.2 Å². The predicted molar refractivity (Wildman–Crippen MR) is 184 cm³/mol. The second kappa shape index (κ2) is 12.2. The molecule has 0 bridgehead atoms. The molecule has 2 nitrogen and oxygen atoms in total. The molecule has 0 aromatic heterocycles. The van der Waals surface area contributed by atoms with Crippen molar-refractivity contribution < 1.29 is 9.47 Å². The Balaban J connectivity index is 1.42. The molecule has 4 aromatic carbocycles. The summed E-state index contributed by atoms with van der Waals surface area (Å²) in [7, 11) is -1.36. The number of hydrogen-bond acceptors (Lipinski definition) is 2. The second-order valence-corrected chi connectivity index (χ2v) is 18.3. The van der Waals surface area contributed by atoms with Crippen molar-refractivity contribution in [2.75, 3.05) is 0 Å². The summed E-state index contributed by atoms with van der Waals surface area (Å²) in [6.07, 6.45) is 9.84. The first-order valence-electron chi connectivity index (χ1n) is 16.2. The van der Waals surface area contributed by atoms with E-state index in [1.165, 1.54) is 72.6 Å². The first kappa shape index (κ1) is 29.4. The molecule has 1 heterocycles. The van der Waals surface area contributed by atoms with Gasteiger partial charge in [-0.05, 0) is 76.6 Å². The summed E-state index contributed by atoms with van der Waals surface area (Å²) >= 11 is 0. The molecule has 3 fully saturated rings. The molecule has 1 aliphatic heterocycles. The van der Waals surface area contributed by atoms with Crippen LogP contribution in [0.5, 0.6) is 0 Å². The summed E-state index contributed by atoms with van der Waals surface area (Å²) in [5, 5.41) is 5.89. The molecule has 0 N–H and O–H groups in total. The minimum absolute atomic E-state index is 0.0143. The van der Waals surface area contributed by atoms with Crippen LogP contribution in [0.3, 0.4) is 0 Å². The third-order valence-electron chi connectivity index (χ3n) is 10.0. The minimum atomic E-state index is -0.678. The highest BCUT2D eigenvalue weighted by Crippen LogP contribution is 2.67. The van der Waals surface area contributed by atoms with Gasteiger partial charge < -0.3 is 9.47 Å². The normalized spacial score (nSPS) is 24.1. The maximum Gasteiger partial charge on any atom is 0.163 e. The van der Waals surface area contributed by atoms with Crippen LogP contribution in [0.25, 0.3) is 0 Å². The first-order chi connectivity index (χ1) is 21.0. The lowest BCUT2D eigenvalue weighted by Crippen LogP contribution is -2.56. The summed E-state index contributed by atoms with van der Waals surface area (Å²) in [6.45, 7) is 4.35. The van der Waals surface area contributed by atoms with Crippen molar-refractivity contribution in [1.29, 1.82) is 0 Å². The van der Waals surface area contributed by atoms with Gasteiger partial charge in [0.25, 0.3) is 0 Å². The molecule has 7 rings (SSSR count). The highest BCUT2D eigenvalue weighted by Gasteiger charge is 2.64. The smallest absolute Gasteiger partial charge is 0.163 e. The maximum absolute atomic E-state index is 7.34. The second-order valence-electron chi connectivity index (χ2n) is 13.1. The fourth-order valence-corrected chi connectivity index (χ4v) is 15.4. The van der Waals surface area contributed by atoms with Gasteiger partial charge in [-0.25, -0.2) is 0 Å². The molecule has 2 atom stereocenters. The standard InChI is InChI=1S/C39H44O2P2/c1-37(2)40-35(38(27-15-16-28-38)42(31-19-7-3-8-20-31)32-21-9-4-10-22-32)36(41-37)39(29-17-18-30-39)43(33-23-11-5-12-24-33)34-25-13-6-14-26-34/h3-14,19-26,35-36H,15-18,27-30H2,1-2H3. The van der Waals surface area contributed by atoms with E-state index in [0.717, 1.165) is 0 Å². The maximum atomic E-state index is 7.34. The Morgan fingerprint density at radius 2 is 0.698 bits per heavy atom. The average Bonchev–Trinajstić information content (AvgIpc) is 3.80. The minimum Gasteiger partial charge on any atom is -0.344 e. The quantitative estimate of drug-likeness (QED) is 0.188. The molecule has 0 radical (unpaired) electrons. The van der Waals surface area contributed by atoms with Gasteiger partial charge in [0.15, 0.2) is 5.79 Å². The Labute approximate surface area is 260 Å². The first-order valence-corrected chi connectivity index (χ1v) is 18.9. The van der Waals surface area contributed by atoms with Crippen molar-refractivity contribution in [3.8, 4) is 0 Å². The van der Waals surface area contributed by atoms with E-state index < -0.39 is 21.6 Å². The molecule has 2 aliphatic carbocycles. The third kappa shape index (κ3) is 5.44. The largest absolute Gasteiger partial charge is 0.344 e. The zero-order valence-corrected chi connectivity index (χ0v) is 27.4. The summed E-state index contributed by atoms with van der Waals surface area (Å²) < 4.78 is 14.7. The molecule has 2 saturated carbocycles. The van der Waals surface area contributed by atoms with E-state index in [9.17, 15) is 0 Å². The topological polar surface area (TPSA) is 18.5 Å².